The van der Waals surface area contributed by atoms with E-state index < -0.39 is 0 Å². The number of ether oxygens (including phenoxy) is 1. The lowest BCUT2D eigenvalue weighted by Crippen LogP contribution is -2.30. The van der Waals surface area contributed by atoms with Crippen LogP contribution in [0, 0.1) is 0 Å². The topological polar surface area (TPSA) is 46.5 Å². The summed E-state index contributed by atoms with van der Waals surface area (Å²) in [6.45, 7) is 8.68. The molecule has 1 amide bonds. The minimum absolute atomic E-state index is 0.0908. The molecule has 1 aliphatic heterocycles. The van der Waals surface area contributed by atoms with E-state index in [1.54, 1.807) is 0 Å². The van der Waals surface area contributed by atoms with Gasteiger partial charge in [0.1, 0.15) is 12.4 Å². The number of aromatic nitrogens is 1. The van der Waals surface area contributed by atoms with Gasteiger partial charge >= 0.3 is 0 Å². The third-order valence-corrected chi connectivity index (χ3v) is 6.49. The summed E-state index contributed by atoms with van der Waals surface area (Å²) in [5, 5.41) is 3.79. The summed E-state index contributed by atoms with van der Waals surface area (Å²) in [5.41, 5.74) is 5.47. The number of halogens is 1. The van der Waals surface area contributed by atoms with E-state index in [2.05, 4.69) is 40.8 Å². The molecule has 6 heteroatoms. The monoisotopic (exact) mass is 465 g/mol. The highest BCUT2D eigenvalue weighted by Gasteiger charge is 2.24. The Labute approximate surface area is 201 Å². The minimum Gasteiger partial charge on any atom is -0.488 e. The number of carbonyl (C=O) groups is 1. The molecule has 0 radical (unpaired) electrons. The highest BCUT2D eigenvalue weighted by molar-refractivity contribution is 6.30. The molecule has 0 atom stereocenters. The number of carbonyl (C=O) groups excluding carboxylic acids is 1. The van der Waals surface area contributed by atoms with Crippen LogP contribution in [-0.4, -0.2) is 41.6 Å². The number of aryl methyl sites for hydroxylation is 1. The molecule has 4 rings (SSSR count). The third kappa shape index (κ3) is 5.43. The van der Waals surface area contributed by atoms with E-state index in [4.69, 9.17) is 16.3 Å². The highest BCUT2D eigenvalue weighted by Crippen LogP contribution is 2.41. The first-order valence-electron chi connectivity index (χ1n) is 11.8. The predicted octanol–water partition coefficient (Wildman–Crippen LogP) is 5.47. The molecule has 0 saturated heterocycles. The van der Waals surface area contributed by atoms with Crippen molar-refractivity contribution in [3.05, 3.63) is 70.9 Å². The van der Waals surface area contributed by atoms with Crippen LogP contribution in [0.15, 0.2) is 54.6 Å². The fourth-order valence-electron chi connectivity index (χ4n) is 4.44. The number of amides is 1. The third-order valence-electron chi connectivity index (χ3n) is 6.24. The van der Waals surface area contributed by atoms with Crippen molar-refractivity contribution < 1.29 is 9.53 Å². The fraction of sp³-hybridized carbons (Fsp3) is 0.370. The second-order valence-corrected chi connectivity index (χ2v) is 8.77. The van der Waals surface area contributed by atoms with Gasteiger partial charge < -0.3 is 19.5 Å². The Morgan fingerprint density at radius 2 is 1.88 bits per heavy atom. The number of para-hydroxylation sites is 1. The van der Waals surface area contributed by atoms with Crippen molar-refractivity contribution in [2.75, 3.05) is 26.2 Å². The van der Waals surface area contributed by atoms with Gasteiger partial charge in [-0.25, -0.2) is 0 Å². The quantitative estimate of drug-likeness (QED) is 0.404. The Kier molecular flexibility index (Phi) is 7.73. The van der Waals surface area contributed by atoms with E-state index >= 15 is 0 Å². The van der Waals surface area contributed by atoms with Gasteiger partial charge in [0.25, 0.3) is 0 Å². The zero-order valence-corrected chi connectivity index (χ0v) is 20.2. The minimum atomic E-state index is 0.0908. The molecule has 3 aromatic rings. The van der Waals surface area contributed by atoms with Gasteiger partial charge in [-0.15, -0.1) is 0 Å². The zero-order chi connectivity index (χ0) is 23.2. The van der Waals surface area contributed by atoms with Crippen molar-refractivity contribution in [2.45, 2.75) is 39.7 Å². The molecule has 33 heavy (non-hydrogen) atoms. The molecule has 1 aliphatic rings. The molecular weight excluding hydrogens is 434 g/mol. The lowest BCUT2D eigenvalue weighted by molar-refractivity contribution is -0.121. The number of hydrogen-bond donors (Lipinski definition) is 1. The van der Waals surface area contributed by atoms with Gasteiger partial charge in [-0.2, -0.15) is 0 Å². The summed E-state index contributed by atoms with van der Waals surface area (Å²) in [6, 6.07) is 18.1. The van der Waals surface area contributed by atoms with Gasteiger partial charge in [0.05, 0.1) is 5.69 Å². The first kappa shape index (κ1) is 23.4. The fourth-order valence-corrected chi connectivity index (χ4v) is 4.56. The van der Waals surface area contributed by atoms with E-state index in [1.807, 2.05) is 42.5 Å². The Hall–Kier alpha value is -2.76. The van der Waals surface area contributed by atoms with Crippen LogP contribution >= 0.6 is 11.6 Å². The Morgan fingerprint density at radius 1 is 1.12 bits per heavy atom. The maximum absolute atomic E-state index is 12.6. The van der Waals surface area contributed by atoms with Gasteiger partial charge in [-0.3, -0.25) is 4.79 Å². The molecule has 1 N–H and O–H groups in total. The lowest BCUT2D eigenvalue weighted by Gasteiger charge is -2.21. The molecule has 5 nitrogen and oxygen atoms in total. The maximum Gasteiger partial charge on any atom is 0.220 e. The Morgan fingerprint density at radius 3 is 2.64 bits per heavy atom. The van der Waals surface area contributed by atoms with Crippen molar-refractivity contribution >= 4 is 17.5 Å². The van der Waals surface area contributed by atoms with E-state index in [9.17, 15) is 4.79 Å². The van der Waals surface area contributed by atoms with Crippen LogP contribution in [0.3, 0.4) is 0 Å². The summed E-state index contributed by atoms with van der Waals surface area (Å²) < 4.78 is 8.23. The SMILES string of the molecule is CCN(CC)CCCNC(=O)CCc1cc2c(n1-c1ccc(Cl)cc1)-c1ccccc1OC2. The van der Waals surface area contributed by atoms with Crippen molar-refractivity contribution in [1.82, 2.24) is 14.8 Å². The van der Waals surface area contributed by atoms with Crippen molar-refractivity contribution in [3.8, 4) is 22.7 Å². The second-order valence-electron chi connectivity index (χ2n) is 8.34. The molecule has 2 heterocycles. The molecule has 0 spiro atoms. The predicted molar refractivity (Wildman–Crippen MR) is 134 cm³/mol. The number of hydrogen-bond acceptors (Lipinski definition) is 3. The van der Waals surface area contributed by atoms with Gasteiger partial charge in [-0.1, -0.05) is 37.6 Å². The summed E-state index contributed by atoms with van der Waals surface area (Å²) in [4.78, 5) is 14.9. The highest BCUT2D eigenvalue weighted by atomic mass is 35.5. The number of nitrogens with one attached hydrogen (secondary N) is 1. The van der Waals surface area contributed by atoms with Crippen LogP contribution in [0.5, 0.6) is 5.75 Å². The van der Waals surface area contributed by atoms with Crippen LogP contribution in [0.2, 0.25) is 5.02 Å². The van der Waals surface area contributed by atoms with Crippen LogP contribution < -0.4 is 10.1 Å². The van der Waals surface area contributed by atoms with Crippen LogP contribution in [0.4, 0.5) is 0 Å². The van der Waals surface area contributed by atoms with E-state index in [0.717, 1.165) is 60.0 Å². The number of benzene rings is 2. The molecule has 2 aromatic carbocycles. The van der Waals surface area contributed by atoms with Gasteiger partial charge in [-0.05, 0) is 74.9 Å². The maximum atomic E-state index is 12.6. The van der Waals surface area contributed by atoms with Gasteiger partial charge in [0.15, 0.2) is 0 Å². The van der Waals surface area contributed by atoms with E-state index in [-0.39, 0.29) is 5.91 Å². The number of rotatable bonds is 10. The summed E-state index contributed by atoms with van der Waals surface area (Å²) >= 11 is 6.15. The first-order valence-corrected chi connectivity index (χ1v) is 12.2. The molecule has 0 fully saturated rings. The molecule has 0 aliphatic carbocycles. The largest absolute Gasteiger partial charge is 0.488 e. The van der Waals surface area contributed by atoms with Gasteiger partial charge in [0, 0.05) is 40.5 Å². The number of nitrogens with zero attached hydrogens (tertiary/aromatic N) is 2. The van der Waals surface area contributed by atoms with E-state index in [0.29, 0.717) is 31.0 Å². The standard InChI is InChI=1S/C27H32ClN3O2/c1-3-30(4-2)17-7-16-29-26(32)15-14-23-18-20-19-33-25-9-6-5-8-24(25)27(20)31(23)22-12-10-21(28)11-13-22/h5-6,8-13,18H,3-4,7,14-17,19H2,1-2H3,(H,29,32). The normalized spacial score (nSPS) is 12.2. The molecule has 0 saturated carbocycles. The Bertz CT molecular complexity index is 1090. The number of fused-ring (bicyclic) bond motifs is 3. The molecular formula is C27H32ClN3O2. The van der Waals surface area contributed by atoms with E-state index in [1.165, 1.54) is 0 Å². The average Bonchev–Trinajstić information content (AvgIpc) is 3.22. The summed E-state index contributed by atoms with van der Waals surface area (Å²) in [7, 11) is 0. The molecule has 1 aromatic heterocycles. The Balaban J connectivity index is 1.51. The van der Waals surface area contributed by atoms with Crippen LogP contribution in [-0.2, 0) is 17.8 Å². The second kappa shape index (κ2) is 10.9. The molecule has 0 bridgehead atoms. The lowest BCUT2D eigenvalue weighted by atomic mass is 10.0. The average molecular weight is 466 g/mol. The zero-order valence-electron chi connectivity index (χ0n) is 19.4. The molecule has 0 unspecified atom stereocenters. The smallest absolute Gasteiger partial charge is 0.220 e. The van der Waals surface area contributed by atoms with Crippen molar-refractivity contribution in [3.63, 3.8) is 0 Å². The van der Waals surface area contributed by atoms with Crippen molar-refractivity contribution in [2.24, 2.45) is 0 Å². The molecule has 174 valence electrons. The summed E-state index contributed by atoms with van der Waals surface area (Å²) in [6.07, 6.45) is 2.07. The first-order chi connectivity index (χ1) is 16.1. The van der Waals surface area contributed by atoms with Crippen LogP contribution in [0.25, 0.3) is 16.9 Å². The van der Waals surface area contributed by atoms with Crippen molar-refractivity contribution in [1.29, 1.82) is 0 Å². The summed E-state index contributed by atoms with van der Waals surface area (Å²) in [5.74, 6) is 0.976. The van der Waals surface area contributed by atoms with Crippen LogP contribution in [0.1, 0.15) is 37.9 Å². The van der Waals surface area contributed by atoms with Gasteiger partial charge in [0.2, 0.25) is 5.91 Å².